The number of carboxylic acid groups (broad SMARTS) is 1. The molecule has 0 unspecified atom stereocenters. The first kappa shape index (κ1) is 26.5. The van der Waals surface area contributed by atoms with Crippen molar-refractivity contribution in [2.24, 2.45) is 5.92 Å². The number of likely N-dealkylation sites (tertiary alicyclic amines) is 2. The van der Waals surface area contributed by atoms with E-state index < -0.39 is 36.0 Å². The Kier molecular flexibility index (Phi) is 9.08. The van der Waals surface area contributed by atoms with Crippen LogP contribution in [0.5, 0.6) is 0 Å². The van der Waals surface area contributed by atoms with E-state index in [4.69, 9.17) is 4.74 Å². The fourth-order valence-corrected chi connectivity index (χ4v) is 5.15. The quantitative estimate of drug-likeness (QED) is 0.446. The summed E-state index contributed by atoms with van der Waals surface area (Å²) in [7, 11) is 1.54. The minimum atomic E-state index is -1.06. The van der Waals surface area contributed by atoms with Gasteiger partial charge in [-0.15, -0.1) is 0 Å². The van der Waals surface area contributed by atoms with Crippen molar-refractivity contribution < 1.29 is 29.0 Å². The zero-order chi connectivity index (χ0) is 25.5. The first-order valence-corrected chi connectivity index (χ1v) is 12.2. The average molecular weight is 489 g/mol. The Morgan fingerprint density at radius 2 is 1.91 bits per heavy atom. The number of amides is 3. The van der Waals surface area contributed by atoms with Crippen molar-refractivity contribution in [1.82, 2.24) is 20.4 Å². The summed E-state index contributed by atoms with van der Waals surface area (Å²) < 4.78 is 5.23. The highest BCUT2D eigenvalue weighted by Crippen LogP contribution is 2.36. The number of esters is 1. The van der Waals surface area contributed by atoms with E-state index in [1.807, 2.05) is 30.3 Å². The Bertz CT molecular complexity index is 910. The molecule has 2 aliphatic rings. The van der Waals surface area contributed by atoms with Crippen LogP contribution in [0.1, 0.15) is 38.7 Å². The van der Waals surface area contributed by atoms with Crippen molar-refractivity contribution >= 4 is 23.9 Å². The predicted octanol–water partition coefficient (Wildman–Crippen LogP) is 1.24. The van der Waals surface area contributed by atoms with Gasteiger partial charge in [-0.25, -0.2) is 9.59 Å². The second-order valence-electron chi connectivity index (χ2n) is 9.17. The molecule has 2 heterocycles. The highest BCUT2D eigenvalue weighted by Gasteiger charge is 2.50. The third kappa shape index (κ3) is 6.30. The molecule has 0 saturated carbocycles. The normalized spacial score (nSPS) is 23.2. The number of rotatable bonds is 9. The first-order valence-electron chi connectivity index (χ1n) is 12.2. The van der Waals surface area contributed by atoms with E-state index >= 15 is 0 Å². The van der Waals surface area contributed by atoms with Gasteiger partial charge in [0.1, 0.15) is 12.1 Å². The number of aryl methyl sites for hydroxylation is 1. The van der Waals surface area contributed by atoms with Crippen LogP contribution in [0.3, 0.4) is 0 Å². The topological polar surface area (TPSA) is 128 Å². The third-order valence-electron chi connectivity index (χ3n) is 6.94. The van der Waals surface area contributed by atoms with Gasteiger partial charge in [-0.1, -0.05) is 30.3 Å². The molecule has 10 nitrogen and oxygen atoms in total. The number of piperidine rings is 1. The molecule has 1 aromatic carbocycles. The number of carbonyl (C=O) groups excluding carboxylic acids is 3. The number of carboxylic acids is 1. The van der Waals surface area contributed by atoms with Crippen molar-refractivity contribution in [3.05, 3.63) is 35.9 Å². The van der Waals surface area contributed by atoms with E-state index in [0.717, 1.165) is 5.56 Å². The maximum Gasteiger partial charge on any atom is 0.326 e. The van der Waals surface area contributed by atoms with Crippen LogP contribution in [0.4, 0.5) is 4.79 Å². The first-order chi connectivity index (χ1) is 16.8. The molecule has 2 aliphatic heterocycles. The lowest BCUT2D eigenvalue weighted by atomic mass is 9.91. The molecule has 0 aliphatic carbocycles. The van der Waals surface area contributed by atoms with E-state index in [2.05, 4.69) is 10.6 Å². The largest absolute Gasteiger partial charge is 0.480 e. The summed E-state index contributed by atoms with van der Waals surface area (Å²) in [5, 5.41) is 15.5. The molecule has 192 valence electrons. The van der Waals surface area contributed by atoms with Crippen molar-refractivity contribution in [2.75, 3.05) is 26.7 Å². The summed E-state index contributed by atoms with van der Waals surface area (Å²) in [6, 6.07) is 6.60. The van der Waals surface area contributed by atoms with Gasteiger partial charge in [0.2, 0.25) is 5.91 Å². The summed E-state index contributed by atoms with van der Waals surface area (Å²) in [5.74, 6) is -1.89. The number of aliphatic carboxylic acids is 1. The highest BCUT2D eigenvalue weighted by molar-refractivity contribution is 5.88. The molecule has 5 atom stereocenters. The van der Waals surface area contributed by atoms with Crippen LogP contribution in [0.25, 0.3) is 0 Å². The lowest BCUT2D eigenvalue weighted by Crippen LogP contribution is -2.59. The molecule has 0 radical (unpaired) electrons. The van der Waals surface area contributed by atoms with Gasteiger partial charge in [-0.3, -0.25) is 14.9 Å². The zero-order valence-electron chi connectivity index (χ0n) is 20.6. The van der Waals surface area contributed by atoms with E-state index in [-0.39, 0.29) is 31.1 Å². The van der Waals surface area contributed by atoms with Crippen LogP contribution in [0, 0.1) is 5.92 Å². The standard InChI is InChI=1S/C25H36N4O6/c1-4-35-24(33)19(11-10-17-8-6-5-7-9-17)27-16(2)22(30)29-20(23(31)32)14-18-12-13-28(15-21(18)29)25(34)26-3/h5-9,16,18-21,27H,4,10-15H2,1-3H3,(H,26,34)(H,31,32)/t16-,18+,19+,20+,21-/m0/s1. The average Bonchev–Trinajstić information content (AvgIpc) is 3.25. The van der Waals surface area contributed by atoms with E-state index in [9.17, 15) is 24.3 Å². The number of ether oxygens (including phenoxy) is 1. The number of nitrogens with one attached hydrogen (secondary N) is 2. The molecule has 0 aromatic heterocycles. The minimum absolute atomic E-state index is 0.00657. The van der Waals surface area contributed by atoms with Gasteiger partial charge in [0, 0.05) is 20.1 Å². The number of urea groups is 1. The molecule has 10 heteroatoms. The maximum atomic E-state index is 13.6. The van der Waals surface area contributed by atoms with Gasteiger partial charge in [-0.05, 0) is 51.0 Å². The van der Waals surface area contributed by atoms with Gasteiger partial charge in [0.25, 0.3) is 0 Å². The third-order valence-corrected chi connectivity index (χ3v) is 6.94. The number of hydrogen-bond donors (Lipinski definition) is 3. The van der Waals surface area contributed by atoms with Gasteiger partial charge in [-0.2, -0.15) is 0 Å². The maximum absolute atomic E-state index is 13.6. The highest BCUT2D eigenvalue weighted by atomic mass is 16.5. The number of fused-ring (bicyclic) bond motifs is 1. The van der Waals surface area contributed by atoms with Crippen LogP contribution in [0.2, 0.25) is 0 Å². The summed E-state index contributed by atoms with van der Waals surface area (Å²) in [4.78, 5) is 53.5. The number of benzene rings is 1. The minimum Gasteiger partial charge on any atom is -0.480 e. The zero-order valence-corrected chi connectivity index (χ0v) is 20.6. The number of carbonyl (C=O) groups is 4. The Hall–Kier alpha value is -3.14. The molecule has 1 aromatic rings. The molecule has 35 heavy (non-hydrogen) atoms. The van der Waals surface area contributed by atoms with Crippen LogP contribution >= 0.6 is 0 Å². The van der Waals surface area contributed by atoms with E-state index in [1.165, 1.54) is 4.90 Å². The van der Waals surface area contributed by atoms with E-state index in [0.29, 0.717) is 32.2 Å². The number of nitrogens with zero attached hydrogens (tertiary/aromatic N) is 2. The van der Waals surface area contributed by atoms with Gasteiger partial charge < -0.3 is 25.0 Å². The molecule has 0 spiro atoms. The molecule has 3 N–H and O–H groups in total. The van der Waals surface area contributed by atoms with Crippen LogP contribution in [-0.2, 0) is 25.5 Å². The predicted molar refractivity (Wildman–Crippen MR) is 129 cm³/mol. The monoisotopic (exact) mass is 488 g/mol. The summed E-state index contributed by atoms with van der Waals surface area (Å²) in [6.45, 7) is 4.39. The molecule has 3 rings (SSSR count). The van der Waals surface area contributed by atoms with Crippen molar-refractivity contribution in [3.63, 3.8) is 0 Å². The lowest BCUT2D eigenvalue weighted by Gasteiger charge is -2.39. The Labute approximate surface area is 206 Å². The molecule has 3 amide bonds. The molecule has 2 fully saturated rings. The molecule has 0 bridgehead atoms. The van der Waals surface area contributed by atoms with Crippen molar-refractivity contribution in [3.8, 4) is 0 Å². The summed E-state index contributed by atoms with van der Waals surface area (Å²) >= 11 is 0. The summed E-state index contributed by atoms with van der Waals surface area (Å²) in [6.07, 6.45) is 2.04. The Morgan fingerprint density at radius 1 is 1.20 bits per heavy atom. The SMILES string of the molecule is CCOC(=O)[C@@H](CCc1ccccc1)N[C@@H](C)C(=O)N1[C@@H](C(=O)O)C[C@H]2CCN(C(=O)NC)C[C@@H]21. The molecular weight excluding hydrogens is 452 g/mol. The fraction of sp³-hybridized carbons (Fsp3) is 0.600. The number of hydrogen-bond acceptors (Lipinski definition) is 6. The Balaban J connectivity index is 1.74. The van der Waals surface area contributed by atoms with Gasteiger partial charge in [0.15, 0.2) is 0 Å². The second kappa shape index (κ2) is 12.0. The van der Waals surface area contributed by atoms with Crippen molar-refractivity contribution in [1.29, 1.82) is 0 Å². The van der Waals surface area contributed by atoms with Gasteiger partial charge in [0.05, 0.1) is 18.7 Å². The second-order valence-corrected chi connectivity index (χ2v) is 9.17. The van der Waals surface area contributed by atoms with Crippen LogP contribution in [-0.4, -0.2) is 89.7 Å². The van der Waals surface area contributed by atoms with Gasteiger partial charge >= 0.3 is 18.0 Å². The fourth-order valence-electron chi connectivity index (χ4n) is 5.15. The molecular formula is C25H36N4O6. The van der Waals surface area contributed by atoms with Crippen LogP contribution < -0.4 is 10.6 Å². The summed E-state index contributed by atoms with van der Waals surface area (Å²) in [5.41, 5.74) is 1.06. The molecule has 2 saturated heterocycles. The van der Waals surface area contributed by atoms with Crippen LogP contribution in [0.15, 0.2) is 30.3 Å². The van der Waals surface area contributed by atoms with Crippen molar-refractivity contribution in [2.45, 2.75) is 63.7 Å². The lowest BCUT2D eigenvalue weighted by molar-refractivity contribution is -0.152. The smallest absolute Gasteiger partial charge is 0.326 e. The van der Waals surface area contributed by atoms with E-state index in [1.54, 1.807) is 25.8 Å². The Morgan fingerprint density at radius 3 is 2.54 bits per heavy atom.